The second-order valence-corrected chi connectivity index (χ2v) is 12.8. The van der Waals surface area contributed by atoms with Gasteiger partial charge in [0.05, 0.1) is 22.3 Å². The van der Waals surface area contributed by atoms with Gasteiger partial charge < -0.3 is 9.47 Å². The first-order valence-electron chi connectivity index (χ1n) is 15.9. The van der Waals surface area contributed by atoms with Crippen molar-refractivity contribution in [3.05, 3.63) is 189 Å². The molecule has 6 aromatic carbocycles. The Hall–Kier alpha value is -5.67. The molecular weight excluding hydrogens is 560 g/mol. The summed E-state index contributed by atoms with van der Waals surface area (Å²) < 4.78 is 2.15. The molecule has 1 aromatic heterocycles. The second kappa shape index (κ2) is 9.66. The summed E-state index contributed by atoms with van der Waals surface area (Å²) in [5.41, 5.74) is 15.8. The number of rotatable bonds is 2. The van der Waals surface area contributed by atoms with Gasteiger partial charge in [0, 0.05) is 28.5 Å². The van der Waals surface area contributed by atoms with Crippen LogP contribution in [0.25, 0.3) is 27.7 Å². The Kier molecular flexibility index (Phi) is 5.61. The van der Waals surface area contributed by atoms with Gasteiger partial charge in [0.15, 0.2) is 5.43 Å². The molecule has 0 atom stereocenters. The highest BCUT2D eigenvalue weighted by molar-refractivity contribution is 5.97. The Bertz CT molecular complexity index is 2330. The standard InChI is InChI=1S/C43H32N2O/c1-27-17-21-39-37(23-27)43(35-15-9-7-13-32(35)33-14-8-10-16-36(33)43)38-24-28(2)18-22-40(38)45(39)31-19-20-34-41(25-31)44(26-29(3)42(34)46)30-11-5-4-6-12-30/h4-26H,1-3H3. The summed E-state index contributed by atoms with van der Waals surface area (Å²) in [6.07, 6.45) is 1.97. The van der Waals surface area contributed by atoms with Gasteiger partial charge >= 0.3 is 0 Å². The van der Waals surface area contributed by atoms with E-state index in [2.05, 4.69) is 133 Å². The topological polar surface area (TPSA) is 25.2 Å². The molecule has 1 spiro atoms. The Morgan fingerprint density at radius 3 is 1.70 bits per heavy atom. The summed E-state index contributed by atoms with van der Waals surface area (Å²) in [5.74, 6) is 0. The van der Waals surface area contributed by atoms with E-state index in [0.717, 1.165) is 33.8 Å². The lowest BCUT2D eigenvalue weighted by Gasteiger charge is -2.45. The maximum atomic E-state index is 13.4. The van der Waals surface area contributed by atoms with Gasteiger partial charge in [-0.2, -0.15) is 0 Å². The largest absolute Gasteiger partial charge is 0.316 e. The maximum absolute atomic E-state index is 13.4. The zero-order valence-electron chi connectivity index (χ0n) is 26.1. The number of pyridine rings is 1. The van der Waals surface area contributed by atoms with E-state index in [-0.39, 0.29) is 5.43 Å². The van der Waals surface area contributed by atoms with Crippen LogP contribution in [0.3, 0.4) is 0 Å². The van der Waals surface area contributed by atoms with Gasteiger partial charge in [0.1, 0.15) is 0 Å². The first-order chi connectivity index (χ1) is 22.5. The predicted molar refractivity (Wildman–Crippen MR) is 189 cm³/mol. The lowest BCUT2D eigenvalue weighted by atomic mass is 9.64. The summed E-state index contributed by atoms with van der Waals surface area (Å²) in [6, 6.07) is 48.2. The first kappa shape index (κ1) is 26.7. The minimum absolute atomic E-state index is 0.0672. The van der Waals surface area contributed by atoms with Gasteiger partial charge in [-0.15, -0.1) is 0 Å². The van der Waals surface area contributed by atoms with Gasteiger partial charge in [0.25, 0.3) is 0 Å². The second-order valence-electron chi connectivity index (χ2n) is 12.8. The van der Waals surface area contributed by atoms with Gasteiger partial charge in [-0.3, -0.25) is 4.79 Å². The molecule has 0 fully saturated rings. The predicted octanol–water partition coefficient (Wildman–Crippen LogP) is 10.1. The van der Waals surface area contributed by atoms with Crippen LogP contribution in [0.2, 0.25) is 0 Å². The van der Waals surface area contributed by atoms with Gasteiger partial charge in [0.2, 0.25) is 0 Å². The first-order valence-corrected chi connectivity index (χ1v) is 15.9. The van der Waals surface area contributed by atoms with E-state index in [4.69, 9.17) is 0 Å². The molecule has 9 rings (SSSR count). The number of aryl methyl sites for hydroxylation is 3. The van der Waals surface area contributed by atoms with Crippen LogP contribution >= 0.6 is 0 Å². The normalized spacial score (nSPS) is 13.8. The van der Waals surface area contributed by atoms with E-state index >= 15 is 0 Å². The Morgan fingerprint density at radius 1 is 0.522 bits per heavy atom. The van der Waals surface area contributed by atoms with Crippen molar-refractivity contribution in [3.63, 3.8) is 0 Å². The van der Waals surface area contributed by atoms with Crippen molar-refractivity contribution >= 4 is 28.0 Å². The molecule has 220 valence electrons. The Morgan fingerprint density at radius 2 is 1.09 bits per heavy atom. The minimum Gasteiger partial charge on any atom is -0.316 e. The van der Waals surface area contributed by atoms with Crippen LogP contribution in [0, 0.1) is 20.8 Å². The van der Waals surface area contributed by atoms with E-state index in [1.165, 1.54) is 44.5 Å². The summed E-state index contributed by atoms with van der Waals surface area (Å²) >= 11 is 0. The van der Waals surface area contributed by atoms with Crippen molar-refractivity contribution < 1.29 is 0 Å². The van der Waals surface area contributed by atoms with Crippen molar-refractivity contribution in [1.82, 2.24) is 4.57 Å². The average Bonchev–Trinajstić information content (AvgIpc) is 3.38. The summed E-state index contributed by atoms with van der Waals surface area (Å²) in [4.78, 5) is 15.8. The summed E-state index contributed by atoms with van der Waals surface area (Å²) in [6.45, 7) is 6.27. The van der Waals surface area contributed by atoms with Crippen LogP contribution in [-0.2, 0) is 5.41 Å². The van der Waals surface area contributed by atoms with Crippen LogP contribution in [-0.4, -0.2) is 4.57 Å². The van der Waals surface area contributed by atoms with Gasteiger partial charge in [-0.05, 0) is 96.6 Å². The zero-order chi connectivity index (χ0) is 31.2. The van der Waals surface area contributed by atoms with E-state index in [1.54, 1.807) is 0 Å². The molecule has 0 unspecified atom stereocenters. The lowest BCUT2D eigenvalue weighted by molar-refractivity contribution is 0.750. The number of benzene rings is 6. The summed E-state index contributed by atoms with van der Waals surface area (Å²) in [7, 11) is 0. The van der Waals surface area contributed by atoms with E-state index in [0.29, 0.717) is 5.39 Å². The molecule has 1 aliphatic heterocycles. The molecule has 2 heterocycles. The zero-order valence-corrected chi connectivity index (χ0v) is 26.1. The number of nitrogens with zero attached hydrogens (tertiary/aromatic N) is 2. The average molecular weight is 593 g/mol. The monoisotopic (exact) mass is 592 g/mol. The highest BCUT2D eigenvalue weighted by Crippen LogP contribution is 2.63. The van der Waals surface area contributed by atoms with Crippen molar-refractivity contribution in [2.75, 3.05) is 4.90 Å². The SMILES string of the molecule is Cc1ccc2c(c1)C1(c3ccccc3-c3ccccc31)c1cc(C)ccc1N2c1ccc2c(=O)c(C)cn(-c3ccccc3)c2c1. The van der Waals surface area contributed by atoms with E-state index in [9.17, 15) is 4.79 Å². The maximum Gasteiger partial charge on any atom is 0.192 e. The molecule has 46 heavy (non-hydrogen) atoms. The van der Waals surface area contributed by atoms with Crippen molar-refractivity contribution in [2.24, 2.45) is 0 Å². The molecule has 0 saturated carbocycles. The number of fused-ring (bicyclic) bond motifs is 10. The Labute approximate surface area is 268 Å². The van der Waals surface area contributed by atoms with E-state index < -0.39 is 5.41 Å². The minimum atomic E-state index is -0.466. The molecule has 0 radical (unpaired) electrons. The lowest BCUT2D eigenvalue weighted by Crippen LogP contribution is -2.36. The smallest absolute Gasteiger partial charge is 0.192 e. The number of anilines is 3. The molecule has 1 aliphatic carbocycles. The molecule has 0 N–H and O–H groups in total. The van der Waals surface area contributed by atoms with Crippen LogP contribution in [0.5, 0.6) is 0 Å². The van der Waals surface area contributed by atoms with Gasteiger partial charge in [-0.1, -0.05) is 102 Å². The van der Waals surface area contributed by atoms with Crippen molar-refractivity contribution in [3.8, 4) is 16.8 Å². The molecule has 0 amide bonds. The molecule has 0 saturated heterocycles. The highest BCUT2D eigenvalue weighted by Gasteiger charge is 2.51. The molecule has 0 bridgehead atoms. The van der Waals surface area contributed by atoms with Gasteiger partial charge in [-0.25, -0.2) is 0 Å². The molecule has 2 aliphatic rings. The fourth-order valence-corrected chi connectivity index (χ4v) is 8.05. The number of hydrogen-bond acceptors (Lipinski definition) is 2. The van der Waals surface area contributed by atoms with Crippen LogP contribution in [0.4, 0.5) is 17.1 Å². The fraction of sp³-hybridized carbons (Fsp3) is 0.0930. The molecule has 7 aromatic rings. The molecule has 3 nitrogen and oxygen atoms in total. The van der Waals surface area contributed by atoms with Crippen LogP contribution in [0.1, 0.15) is 38.9 Å². The van der Waals surface area contributed by atoms with Crippen LogP contribution < -0.4 is 10.3 Å². The van der Waals surface area contributed by atoms with Crippen LogP contribution in [0.15, 0.2) is 144 Å². The fourth-order valence-electron chi connectivity index (χ4n) is 8.05. The van der Waals surface area contributed by atoms with E-state index in [1.807, 2.05) is 37.4 Å². The highest BCUT2D eigenvalue weighted by atomic mass is 16.1. The number of para-hydroxylation sites is 1. The number of aromatic nitrogens is 1. The third kappa shape index (κ3) is 3.51. The third-order valence-electron chi connectivity index (χ3n) is 10.0. The Balaban J connectivity index is 1.39. The molecular formula is C43H32N2O. The third-order valence-corrected chi connectivity index (χ3v) is 10.0. The quantitative estimate of drug-likeness (QED) is 0.200. The van der Waals surface area contributed by atoms with Crippen molar-refractivity contribution in [2.45, 2.75) is 26.2 Å². The summed E-state index contributed by atoms with van der Waals surface area (Å²) in [5, 5.41) is 0.716. The molecule has 3 heteroatoms. The number of hydrogen-bond donors (Lipinski definition) is 0. The van der Waals surface area contributed by atoms with Crippen molar-refractivity contribution in [1.29, 1.82) is 0 Å².